The molecular formula is C18H16N2O4. The first-order valence-corrected chi connectivity index (χ1v) is 7.32. The number of ether oxygens (including phenoxy) is 1. The van der Waals surface area contributed by atoms with Gasteiger partial charge in [-0.2, -0.15) is 0 Å². The summed E-state index contributed by atoms with van der Waals surface area (Å²) in [7, 11) is 3.04. The molecule has 6 heteroatoms. The molecule has 0 aliphatic heterocycles. The van der Waals surface area contributed by atoms with Crippen LogP contribution in [0.4, 0.5) is 5.69 Å². The van der Waals surface area contributed by atoms with Gasteiger partial charge in [-0.25, -0.2) is 9.53 Å². The van der Waals surface area contributed by atoms with Crippen molar-refractivity contribution in [2.24, 2.45) is 7.05 Å². The number of benzene rings is 2. The molecule has 1 heterocycles. The Kier molecular flexibility index (Phi) is 4.20. The van der Waals surface area contributed by atoms with Crippen LogP contribution in [0.15, 0.2) is 63.9 Å². The van der Waals surface area contributed by atoms with E-state index in [-0.39, 0.29) is 11.3 Å². The third-order valence-electron chi connectivity index (χ3n) is 3.61. The summed E-state index contributed by atoms with van der Waals surface area (Å²) in [6.45, 7) is 0. The molecule has 0 fully saturated rings. The van der Waals surface area contributed by atoms with Gasteiger partial charge in [0.25, 0.3) is 5.91 Å². The number of methoxy groups -OCH3 is 1. The van der Waals surface area contributed by atoms with Gasteiger partial charge in [0.15, 0.2) is 5.69 Å². The standard InChI is InChI=1S/C18H16N2O4/c1-20-16(15(18(22)24-20)12-8-4-3-5-9-12)17(21)19-13-10-6-7-11-14(13)23-2/h3-11H,1-2H3,(H,19,21). The van der Waals surface area contributed by atoms with E-state index in [2.05, 4.69) is 5.32 Å². The van der Waals surface area contributed by atoms with Crippen molar-refractivity contribution in [3.8, 4) is 16.9 Å². The summed E-state index contributed by atoms with van der Waals surface area (Å²) in [5.74, 6) is 0.0762. The molecule has 6 nitrogen and oxygen atoms in total. The fourth-order valence-electron chi connectivity index (χ4n) is 2.52. The fraction of sp³-hybridized carbons (Fsp3) is 0.111. The fourth-order valence-corrected chi connectivity index (χ4v) is 2.52. The number of carbonyl (C=O) groups excluding carboxylic acids is 1. The first-order chi connectivity index (χ1) is 11.6. The molecule has 0 bridgehead atoms. The number of para-hydroxylation sites is 2. The van der Waals surface area contributed by atoms with Crippen LogP contribution in [-0.4, -0.2) is 17.8 Å². The molecule has 2 aromatic carbocycles. The van der Waals surface area contributed by atoms with E-state index in [1.165, 1.54) is 18.9 Å². The Hall–Kier alpha value is -3.28. The molecule has 0 aliphatic rings. The second-order valence-electron chi connectivity index (χ2n) is 5.12. The van der Waals surface area contributed by atoms with Crippen LogP contribution in [0.2, 0.25) is 0 Å². The lowest BCUT2D eigenvalue weighted by Crippen LogP contribution is -2.17. The molecule has 0 atom stereocenters. The normalized spacial score (nSPS) is 10.4. The number of aryl methyl sites for hydroxylation is 1. The van der Waals surface area contributed by atoms with Crippen molar-refractivity contribution in [3.05, 3.63) is 70.7 Å². The first kappa shape index (κ1) is 15.6. The highest BCUT2D eigenvalue weighted by Crippen LogP contribution is 2.26. The zero-order valence-electron chi connectivity index (χ0n) is 13.3. The van der Waals surface area contributed by atoms with Gasteiger partial charge in [-0.05, 0) is 17.7 Å². The van der Waals surface area contributed by atoms with Crippen LogP contribution in [0.3, 0.4) is 0 Å². The number of anilines is 1. The summed E-state index contributed by atoms with van der Waals surface area (Å²) in [5, 5.41) is 2.76. The highest BCUT2D eigenvalue weighted by atomic mass is 16.5. The van der Waals surface area contributed by atoms with Gasteiger partial charge in [0.05, 0.1) is 12.8 Å². The van der Waals surface area contributed by atoms with Gasteiger partial charge in [-0.3, -0.25) is 4.79 Å². The van der Waals surface area contributed by atoms with Crippen LogP contribution in [0.1, 0.15) is 10.5 Å². The average molecular weight is 324 g/mol. The summed E-state index contributed by atoms with van der Waals surface area (Å²) >= 11 is 0. The van der Waals surface area contributed by atoms with Crippen molar-refractivity contribution in [1.82, 2.24) is 4.74 Å². The van der Waals surface area contributed by atoms with Gasteiger partial charge < -0.3 is 14.6 Å². The third-order valence-corrected chi connectivity index (χ3v) is 3.61. The summed E-state index contributed by atoms with van der Waals surface area (Å²) < 4.78 is 11.5. The van der Waals surface area contributed by atoms with E-state index in [9.17, 15) is 9.59 Å². The lowest BCUT2D eigenvalue weighted by atomic mass is 10.1. The van der Waals surface area contributed by atoms with Crippen molar-refractivity contribution in [2.75, 3.05) is 12.4 Å². The molecule has 24 heavy (non-hydrogen) atoms. The number of nitrogens with zero attached hydrogens (tertiary/aromatic N) is 1. The number of nitrogens with one attached hydrogen (secondary N) is 1. The van der Waals surface area contributed by atoms with Gasteiger partial charge >= 0.3 is 5.63 Å². The minimum atomic E-state index is -0.561. The summed E-state index contributed by atoms with van der Waals surface area (Å²) in [6, 6.07) is 16.0. The first-order valence-electron chi connectivity index (χ1n) is 7.32. The summed E-state index contributed by atoms with van der Waals surface area (Å²) in [6.07, 6.45) is 0. The van der Waals surface area contributed by atoms with Gasteiger partial charge in [0, 0.05) is 7.05 Å². The third kappa shape index (κ3) is 2.81. The number of hydrogen-bond donors (Lipinski definition) is 1. The molecule has 0 unspecified atom stereocenters. The van der Waals surface area contributed by atoms with E-state index >= 15 is 0 Å². The molecule has 1 N–H and O–H groups in total. The molecule has 3 rings (SSSR count). The highest BCUT2D eigenvalue weighted by Gasteiger charge is 2.24. The van der Waals surface area contributed by atoms with E-state index in [0.29, 0.717) is 17.0 Å². The number of carbonyl (C=O) groups is 1. The monoisotopic (exact) mass is 324 g/mol. The van der Waals surface area contributed by atoms with E-state index < -0.39 is 11.5 Å². The Morgan fingerprint density at radius 2 is 1.75 bits per heavy atom. The SMILES string of the molecule is COc1ccccc1NC(=O)c1c(-c2ccccc2)c(=O)on1C. The molecular weight excluding hydrogens is 308 g/mol. The largest absolute Gasteiger partial charge is 0.495 e. The van der Waals surface area contributed by atoms with E-state index in [4.69, 9.17) is 9.26 Å². The van der Waals surface area contributed by atoms with Crippen molar-refractivity contribution in [1.29, 1.82) is 0 Å². The zero-order chi connectivity index (χ0) is 17.1. The second-order valence-corrected chi connectivity index (χ2v) is 5.12. The Morgan fingerprint density at radius 3 is 2.46 bits per heavy atom. The maximum Gasteiger partial charge on any atom is 0.366 e. The van der Waals surface area contributed by atoms with Gasteiger partial charge in [0.1, 0.15) is 11.3 Å². The topological polar surface area (TPSA) is 73.5 Å². The Bertz CT molecular complexity index is 926. The van der Waals surface area contributed by atoms with Gasteiger partial charge in [-0.1, -0.05) is 42.5 Å². The lowest BCUT2D eigenvalue weighted by Gasteiger charge is -2.10. The van der Waals surface area contributed by atoms with Crippen LogP contribution in [0, 0.1) is 0 Å². The molecule has 1 aromatic heterocycles. The molecule has 0 radical (unpaired) electrons. The molecule has 3 aromatic rings. The van der Waals surface area contributed by atoms with Crippen molar-refractivity contribution in [3.63, 3.8) is 0 Å². The van der Waals surface area contributed by atoms with Crippen LogP contribution in [-0.2, 0) is 7.05 Å². The van der Waals surface area contributed by atoms with Crippen LogP contribution in [0.5, 0.6) is 5.75 Å². The van der Waals surface area contributed by atoms with Gasteiger partial charge in [-0.15, -0.1) is 0 Å². The molecule has 122 valence electrons. The predicted molar refractivity (Wildman–Crippen MR) is 90.3 cm³/mol. The Labute approximate surface area is 138 Å². The van der Waals surface area contributed by atoms with Crippen LogP contribution < -0.4 is 15.7 Å². The molecule has 0 saturated carbocycles. The zero-order valence-corrected chi connectivity index (χ0v) is 13.3. The van der Waals surface area contributed by atoms with Crippen molar-refractivity contribution < 1.29 is 14.1 Å². The smallest absolute Gasteiger partial charge is 0.366 e. The average Bonchev–Trinajstić information content (AvgIpc) is 2.90. The maximum absolute atomic E-state index is 12.7. The maximum atomic E-state index is 12.7. The number of rotatable bonds is 4. The number of hydrogen-bond acceptors (Lipinski definition) is 4. The van der Waals surface area contributed by atoms with Crippen LogP contribution >= 0.6 is 0 Å². The van der Waals surface area contributed by atoms with E-state index in [0.717, 1.165) is 0 Å². The van der Waals surface area contributed by atoms with Crippen LogP contribution in [0.25, 0.3) is 11.1 Å². The molecule has 0 aliphatic carbocycles. The Morgan fingerprint density at radius 1 is 1.08 bits per heavy atom. The summed E-state index contributed by atoms with van der Waals surface area (Å²) in [5.41, 5.74) is 0.950. The summed E-state index contributed by atoms with van der Waals surface area (Å²) in [4.78, 5) is 24.9. The quantitative estimate of drug-likeness (QED) is 0.801. The second kappa shape index (κ2) is 6.45. The lowest BCUT2D eigenvalue weighted by molar-refractivity contribution is 0.100. The van der Waals surface area contributed by atoms with E-state index in [1.54, 1.807) is 48.5 Å². The minimum absolute atomic E-state index is 0.150. The highest BCUT2D eigenvalue weighted by molar-refractivity contribution is 6.07. The predicted octanol–water partition coefficient (Wildman–Crippen LogP) is 2.91. The minimum Gasteiger partial charge on any atom is -0.495 e. The van der Waals surface area contributed by atoms with Crippen molar-refractivity contribution >= 4 is 11.6 Å². The molecule has 0 spiro atoms. The number of amides is 1. The van der Waals surface area contributed by atoms with Crippen molar-refractivity contribution in [2.45, 2.75) is 0 Å². The number of aromatic nitrogens is 1. The van der Waals surface area contributed by atoms with Gasteiger partial charge in [0.2, 0.25) is 0 Å². The molecule has 1 amide bonds. The van der Waals surface area contributed by atoms with E-state index in [1.807, 2.05) is 6.07 Å². The molecule has 0 saturated heterocycles. The Balaban J connectivity index is 2.04.